The highest BCUT2D eigenvalue weighted by Crippen LogP contribution is 2.24. The number of hydrogen-bond donors (Lipinski definition) is 1. The predicted molar refractivity (Wildman–Crippen MR) is 119 cm³/mol. The molecule has 0 spiro atoms. The average molecular weight is 403 g/mol. The van der Waals surface area contributed by atoms with Crippen LogP contribution in [-0.4, -0.2) is 63.9 Å². The Kier molecular flexibility index (Phi) is 5.29. The monoisotopic (exact) mass is 402 g/mol. The zero-order valence-electron chi connectivity index (χ0n) is 17.2. The molecule has 1 aliphatic heterocycles. The molecule has 0 aliphatic carbocycles. The number of aryl methyl sites for hydroxylation is 1. The first kappa shape index (κ1) is 19.0. The number of para-hydroxylation sites is 1. The molecule has 1 N–H and O–H groups in total. The van der Waals surface area contributed by atoms with Crippen molar-refractivity contribution >= 4 is 22.5 Å². The number of aromatic nitrogens is 4. The summed E-state index contributed by atoms with van der Waals surface area (Å²) in [6.07, 6.45) is 1.04. The third-order valence-electron chi connectivity index (χ3n) is 5.49. The van der Waals surface area contributed by atoms with E-state index in [1.807, 2.05) is 34.8 Å². The molecular formula is C23H26N6O. The van der Waals surface area contributed by atoms with Crippen LogP contribution in [0.1, 0.15) is 12.0 Å². The maximum absolute atomic E-state index is 5.42. The molecule has 4 aromatic rings. The van der Waals surface area contributed by atoms with E-state index in [0.717, 1.165) is 73.9 Å². The summed E-state index contributed by atoms with van der Waals surface area (Å²) in [5.41, 5.74) is 3.95. The molecule has 0 saturated carbocycles. The number of benzene rings is 2. The number of fused-ring (bicyclic) bond motifs is 3. The normalized spacial score (nSPS) is 15.1. The summed E-state index contributed by atoms with van der Waals surface area (Å²) in [4.78, 5) is 12.1. The maximum atomic E-state index is 5.42. The van der Waals surface area contributed by atoms with E-state index in [4.69, 9.17) is 19.8 Å². The van der Waals surface area contributed by atoms with Crippen LogP contribution in [0.25, 0.3) is 27.9 Å². The highest BCUT2D eigenvalue weighted by molar-refractivity contribution is 5.92. The molecule has 7 heteroatoms. The van der Waals surface area contributed by atoms with Crippen molar-refractivity contribution in [3.8, 4) is 11.4 Å². The molecule has 1 aliphatic rings. The maximum Gasteiger partial charge on any atom is 0.226 e. The van der Waals surface area contributed by atoms with Crippen molar-refractivity contribution in [2.75, 3.05) is 44.7 Å². The number of nitrogens with zero attached hydrogens (tertiary/aromatic N) is 5. The minimum absolute atomic E-state index is 0.716. The van der Waals surface area contributed by atoms with Crippen molar-refractivity contribution in [3.05, 3.63) is 54.1 Å². The van der Waals surface area contributed by atoms with E-state index in [-0.39, 0.29) is 0 Å². The molecule has 0 bridgehead atoms. The number of rotatable bonds is 6. The summed E-state index contributed by atoms with van der Waals surface area (Å²) in [7, 11) is 0. The summed E-state index contributed by atoms with van der Waals surface area (Å²) in [6, 6.07) is 16.4. The SMILES string of the molecule is Cc1cccc(-c2nc3c4ccccc4nc(NCCCN4CCOCC4)n3n2)c1. The molecule has 3 heterocycles. The van der Waals surface area contributed by atoms with Crippen LogP contribution in [0.3, 0.4) is 0 Å². The summed E-state index contributed by atoms with van der Waals surface area (Å²) in [6.45, 7) is 7.67. The lowest BCUT2D eigenvalue weighted by Gasteiger charge is -2.26. The van der Waals surface area contributed by atoms with Gasteiger partial charge in [-0.2, -0.15) is 4.52 Å². The van der Waals surface area contributed by atoms with Gasteiger partial charge >= 0.3 is 0 Å². The van der Waals surface area contributed by atoms with Crippen LogP contribution >= 0.6 is 0 Å². The van der Waals surface area contributed by atoms with E-state index in [1.54, 1.807) is 0 Å². The van der Waals surface area contributed by atoms with Gasteiger partial charge < -0.3 is 10.1 Å². The molecule has 0 atom stereocenters. The summed E-state index contributed by atoms with van der Waals surface area (Å²) in [5, 5.41) is 9.29. The lowest BCUT2D eigenvalue weighted by molar-refractivity contribution is 0.0378. The van der Waals surface area contributed by atoms with Gasteiger partial charge in [-0.05, 0) is 38.1 Å². The Morgan fingerprint density at radius 1 is 1.03 bits per heavy atom. The minimum atomic E-state index is 0.716. The van der Waals surface area contributed by atoms with Gasteiger partial charge in [-0.15, -0.1) is 5.10 Å². The summed E-state index contributed by atoms with van der Waals surface area (Å²) >= 11 is 0. The Balaban J connectivity index is 1.44. The first-order valence-corrected chi connectivity index (χ1v) is 10.5. The van der Waals surface area contributed by atoms with Crippen LogP contribution in [0, 0.1) is 6.92 Å². The fourth-order valence-electron chi connectivity index (χ4n) is 3.90. The van der Waals surface area contributed by atoms with E-state index in [2.05, 4.69) is 35.3 Å². The Bertz CT molecular complexity index is 1170. The first-order chi connectivity index (χ1) is 14.8. The van der Waals surface area contributed by atoms with E-state index >= 15 is 0 Å². The third kappa shape index (κ3) is 3.86. The van der Waals surface area contributed by atoms with Crippen LogP contribution in [0.2, 0.25) is 0 Å². The van der Waals surface area contributed by atoms with Gasteiger partial charge in [-0.25, -0.2) is 9.97 Å². The zero-order chi connectivity index (χ0) is 20.3. The average Bonchev–Trinajstić information content (AvgIpc) is 3.23. The van der Waals surface area contributed by atoms with E-state index in [9.17, 15) is 0 Å². The second-order valence-corrected chi connectivity index (χ2v) is 7.73. The van der Waals surface area contributed by atoms with Gasteiger partial charge in [0.2, 0.25) is 5.95 Å². The topological polar surface area (TPSA) is 67.6 Å². The quantitative estimate of drug-likeness (QED) is 0.499. The van der Waals surface area contributed by atoms with Crippen molar-refractivity contribution in [3.63, 3.8) is 0 Å². The molecule has 5 rings (SSSR count). The highest BCUT2D eigenvalue weighted by Gasteiger charge is 2.15. The first-order valence-electron chi connectivity index (χ1n) is 10.5. The second-order valence-electron chi connectivity index (χ2n) is 7.73. The lowest BCUT2D eigenvalue weighted by Crippen LogP contribution is -2.37. The minimum Gasteiger partial charge on any atom is -0.379 e. The van der Waals surface area contributed by atoms with Crippen molar-refractivity contribution in [1.82, 2.24) is 24.5 Å². The van der Waals surface area contributed by atoms with Gasteiger partial charge in [0.15, 0.2) is 11.5 Å². The molecular weight excluding hydrogens is 376 g/mol. The fraction of sp³-hybridized carbons (Fsp3) is 0.348. The second kappa shape index (κ2) is 8.38. The molecule has 7 nitrogen and oxygen atoms in total. The molecule has 0 amide bonds. The number of ether oxygens (including phenoxy) is 1. The van der Waals surface area contributed by atoms with Crippen LogP contribution in [-0.2, 0) is 4.74 Å². The number of nitrogens with one attached hydrogen (secondary N) is 1. The molecule has 30 heavy (non-hydrogen) atoms. The van der Waals surface area contributed by atoms with Crippen LogP contribution in [0.5, 0.6) is 0 Å². The van der Waals surface area contributed by atoms with Gasteiger partial charge in [0.1, 0.15) is 0 Å². The number of morpholine rings is 1. The summed E-state index contributed by atoms with van der Waals surface area (Å²) in [5.74, 6) is 1.45. The standard InChI is InChI=1S/C23H26N6O/c1-17-6-4-7-18(16-17)21-26-22-19-8-2-3-9-20(19)25-23(29(22)27-21)24-10-5-11-28-12-14-30-15-13-28/h2-4,6-9,16H,5,10-15H2,1H3,(H,24,25). The molecule has 154 valence electrons. The van der Waals surface area contributed by atoms with Gasteiger partial charge in [-0.3, -0.25) is 4.90 Å². The van der Waals surface area contributed by atoms with Gasteiger partial charge in [-0.1, -0.05) is 35.9 Å². The van der Waals surface area contributed by atoms with E-state index in [0.29, 0.717) is 5.82 Å². The Labute approximate surface area is 175 Å². The van der Waals surface area contributed by atoms with Gasteiger partial charge in [0.05, 0.1) is 18.7 Å². The van der Waals surface area contributed by atoms with Crippen LogP contribution < -0.4 is 5.32 Å². The van der Waals surface area contributed by atoms with Crippen molar-refractivity contribution in [2.45, 2.75) is 13.3 Å². The smallest absolute Gasteiger partial charge is 0.226 e. The van der Waals surface area contributed by atoms with Crippen molar-refractivity contribution in [2.24, 2.45) is 0 Å². The lowest BCUT2D eigenvalue weighted by atomic mass is 10.1. The molecule has 2 aromatic carbocycles. The summed E-state index contributed by atoms with van der Waals surface area (Å²) < 4.78 is 7.27. The third-order valence-corrected chi connectivity index (χ3v) is 5.49. The largest absolute Gasteiger partial charge is 0.379 e. The Morgan fingerprint density at radius 3 is 2.77 bits per heavy atom. The Morgan fingerprint density at radius 2 is 1.90 bits per heavy atom. The highest BCUT2D eigenvalue weighted by atomic mass is 16.5. The number of hydrogen-bond acceptors (Lipinski definition) is 6. The van der Waals surface area contributed by atoms with Crippen molar-refractivity contribution in [1.29, 1.82) is 0 Å². The molecule has 1 fully saturated rings. The van der Waals surface area contributed by atoms with Crippen molar-refractivity contribution < 1.29 is 4.74 Å². The van der Waals surface area contributed by atoms with E-state index < -0.39 is 0 Å². The van der Waals surface area contributed by atoms with Gasteiger partial charge in [0, 0.05) is 30.6 Å². The number of anilines is 1. The molecule has 1 saturated heterocycles. The molecule has 2 aromatic heterocycles. The van der Waals surface area contributed by atoms with Gasteiger partial charge in [0.25, 0.3) is 0 Å². The van der Waals surface area contributed by atoms with E-state index in [1.165, 1.54) is 5.56 Å². The molecule has 0 radical (unpaired) electrons. The Hall–Kier alpha value is -3.03. The van der Waals surface area contributed by atoms with Crippen LogP contribution in [0.4, 0.5) is 5.95 Å². The van der Waals surface area contributed by atoms with Crippen LogP contribution in [0.15, 0.2) is 48.5 Å². The molecule has 0 unspecified atom stereocenters. The predicted octanol–water partition coefficient (Wildman–Crippen LogP) is 3.39. The zero-order valence-corrected chi connectivity index (χ0v) is 17.2. The fourth-order valence-corrected chi connectivity index (χ4v) is 3.90.